The number of nitrogens with zero attached hydrogens (tertiary/aromatic N) is 3. The fraction of sp³-hybridized carbons (Fsp3) is 0.318. The first-order valence-electron chi connectivity index (χ1n) is 9.76. The number of esters is 1. The van der Waals surface area contributed by atoms with Gasteiger partial charge in [0, 0.05) is 12.1 Å². The van der Waals surface area contributed by atoms with Gasteiger partial charge in [-0.15, -0.1) is 0 Å². The highest BCUT2D eigenvalue weighted by molar-refractivity contribution is 6.31. The van der Waals surface area contributed by atoms with Crippen molar-refractivity contribution in [2.24, 2.45) is 5.92 Å². The van der Waals surface area contributed by atoms with E-state index in [0.717, 1.165) is 11.0 Å². The molecule has 2 atom stereocenters. The van der Waals surface area contributed by atoms with Crippen LogP contribution in [-0.4, -0.2) is 48.3 Å². The van der Waals surface area contributed by atoms with Gasteiger partial charge in [0.15, 0.2) is 5.92 Å². The van der Waals surface area contributed by atoms with Gasteiger partial charge < -0.3 is 14.0 Å². The number of fused-ring (bicyclic) bond motifs is 3. The van der Waals surface area contributed by atoms with E-state index >= 15 is 0 Å². The molecular weight excluding hydrogens is 406 g/mol. The monoisotopic (exact) mass is 427 g/mol. The summed E-state index contributed by atoms with van der Waals surface area (Å²) in [4.78, 5) is 32.8. The summed E-state index contributed by atoms with van der Waals surface area (Å²) in [6, 6.07) is 14.1. The number of imidazole rings is 1. The second kappa shape index (κ2) is 8.45. The third-order valence-corrected chi connectivity index (χ3v) is 5.57. The minimum Gasteiger partial charge on any atom is -0.465 e. The SMILES string of the molecule is CCOC(=O)[C@@H]1C(=O)N(CCOC)c2nc3ccccc3n2[C@H]1c1ccccc1Cl. The highest BCUT2D eigenvalue weighted by Crippen LogP contribution is 2.42. The van der Waals surface area contributed by atoms with Gasteiger partial charge >= 0.3 is 5.97 Å². The van der Waals surface area contributed by atoms with E-state index in [4.69, 9.17) is 26.1 Å². The number of para-hydroxylation sites is 2. The van der Waals surface area contributed by atoms with Crippen LogP contribution in [0.4, 0.5) is 5.95 Å². The molecule has 30 heavy (non-hydrogen) atoms. The Labute approximate surface area is 179 Å². The summed E-state index contributed by atoms with van der Waals surface area (Å²) in [6.45, 7) is 2.47. The Hall–Kier alpha value is -2.90. The third-order valence-electron chi connectivity index (χ3n) is 5.23. The number of rotatable bonds is 6. The average molecular weight is 428 g/mol. The molecule has 2 heterocycles. The first-order chi connectivity index (χ1) is 14.6. The molecule has 2 aromatic carbocycles. The molecule has 0 fully saturated rings. The minimum atomic E-state index is -1.09. The Kier molecular flexibility index (Phi) is 5.74. The molecule has 0 N–H and O–H groups in total. The maximum absolute atomic E-state index is 13.6. The average Bonchev–Trinajstić information content (AvgIpc) is 3.12. The number of aromatic nitrogens is 2. The van der Waals surface area contributed by atoms with E-state index in [-0.39, 0.29) is 19.1 Å². The first-order valence-corrected chi connectivity index (χ1v) is 10.1. The molecule has 8 heteroatoms. The van der Waals surface area contributed by atoms with Crippen LogP contribution < -0.4 is 4.90 Å². The molecule has 0 unspecified atom stereocenters. The summed E-state index contributed by atoms with van der Waals surface area (Å²) >= 11 is 6.53. The van der Waals surface area contributed by atoms with E-state index in [9.17, 15) is 9.59 Å². The molecule has 0 saturated carbocycles. The lowest BCUT2D eigenvalue weighted by Crippen LogP contribution is -2.51. The predicted molar refractivity (Wildman–Crippen MR) is 114 cm³/mol. The van der Waals surface area contributed by atoms with Gasteiger partial charge in [-0.05, 0) is 30.7 Å². The van der Waals surface area contributed by atoms with Gasteiger partial charge in [-0.2, -0.15) is 0 Å². The van der Waals surface area contributed by atoms with Crippen LogP contribution in [0.2, 0.25) is 5.02 Å². The second-order valence-electron chi connectivity index (χ2n) is 6.95. The Morgan fingerprint density at radius 1 is 1.17 bits per heavy atom. The van der Waals surface area contributed by atoms with Crippen molar-refractivity contribution in [3.05, 3.63) is 59.1 Å². The number of benzene rings is 2. The van der Waals surface area contributed by atoms with Crippen LogP contribution in [0.25, 0.3) is 11.0 Å². The van der Waals surface area contributed by atoms with Crippen molar-refractivity contribution in [2.75, 3.05) is 31.8 Å². The van der Waals surface area contributed by atoms with Crippen LogP contribution in [0, 0.1) is 5.92 Å². The van der Waals surface area contributed by atoms with E-state index in [1.165, 1.54) is 4.90 Å². The normalized spacial score (nSPS) is 18.5. The van der Waals surface area contributed by atoms with Gasteiger partial charge in [0.1, 0.15) is 0 Å². The summed E-state index contributed by atoms with van der Waals surface area (Å²) in [5.74, 6) is -1.59. The number of carbonyl (C=O) groups is 2. The lowest BCUT2D eigenvalue weighted by Gasteiger charge is -2.38. The largest absolute Gasteiger partial charge is 0.465 e. The Morgan fingerprint density at radius 2 is 1.90 bits per heavy atom. The van der Waals surface area contributed by atoms with Crippen molar-refractivity contribution in [3.63, 3.8) is 0 Å². The molecule has 1 aliphatic rings. The van der Waals surface area contributed by atoms with E-state index in [1.807, 2.05) is 47.0 Å². The van der Waals surface area contributed by atoms with Crippen molar-refractivity contribution in [1.82, 2.24) is 9.55 Å². The molecule has 3 aromatic rings. The number of methoxy groups -OCH3 is 1. The van der Waals surface area contributed by atoms with Crippen molar-refractivity contribution in [1.29, 1.82) is 0 Å². The van der Waals surface area contributed by atoms with Gasteiger partial charge in [0.25, 0.3) is 0 Å². The molecule has 7 nitrogen and oxygen atoms in total. The molecule has 4 rings (SSSR count). The third kappa shape index (κ3) is 3.34. The lowest BCUT2D eigenvalue weighted by atomic mass is 9.89. The minimum absolute atomic E-state index is 0.174. The van der Waals surface area contributed by atoms with Crippen LogP contribution in [0.15, 0.2) is 48.5 Å². The Balaban J connectivity index is 2.00. The Bertz CT molecular complexity index is 1100. The fourth-order valence-corrected chi connectivity index (χ4v) is 4.18. The summed E-state index contributed by atoms with van der Waals surface area (Å²) in [6.07, 6.45) is 0. The number of ether oxygens (including phenoxy) is 2. The highest BCUT2D eigenvalue weighted by atomic mass is 35.5. The first kappa shape index (κ1) is 20.4. The molecule has 0 aliphatic carbocycles. The number of hydrogen-bond donors (Lipinski definition) is 0. The number of anilines is 1. The molecular formula is C22H22ClN3O4. The highest BCUT2D eigenvalue weighted by Gasteiger charge is 2.48. The van der Waals surface area contributed by atoms with Crippen LogP contribution in [-0.2, 0) is 19.1 Å². The molecule has 0 saturated heterocycles. The maximum Gasteiger partial charge on any atom is 0.321 e. The maximum atomic E-state index is 13.6. The summed E-state index contributed by atoms with van der Waals surface area (Å²) in [5, 5.41) is 0.471. The van der Waals surface area contributed by atoms with E-state index < -0.39 is 17.9 Å². The second-order valence-corrected chi connectivity index (χ2v) is 7.36. The molecule has 1 amide bonds. The summed E-state index contributed by atoms with van der Waals surface area (Å²) in [7, 11) is 1.56. The topological polar surface area (TPSA) is 73.7 Å². The molecule has 1 aromatic heterocycles. The lowest BCUT2D eigenvalue weighted by molar-refractivity contribution is -0.153. The molecule has 0 radical (unpaired) electrons. The van der Waals surface area contributed by atoms with Crippen LogP contribution in [0.3, 0.4) is 0 Å². The van der Waals surface area contributed by atoms with Crippen molar-refractivity contribution >= 4 is 40.5 Å². The van der Waals surface area contributed by atoms with Crippen LogP contribution in [0.1, 0.15) is 18.5 Å². The molecule has 1 aliphatic heterocycles. The molecule has 0 bridgehead atoms. The molecule has 0 spiro atoms. The van der Waals surface area contributed by atoms with E-state index in [1.54, 1.807) is 20.1 Å². The number of amides is 1. The van der Waals surface area contributed by atoms with Gasteiger partial charge in [-0.1, -0.05) is 41.9 Å². The standard InChI is InChI=1S/C22H22ClN3O4/c1-3-30-21(28)18-19(14-8-4-5-9-15(14)23)26-17-11-7-6-10-16(17)24-22(26)25(20(18)27)12-13-29-2/h4-11,18-19H,3,12-13H2,1-2H3/t18-,19-/m0/s1. The molecule has 156 valence electrons. The number of carbonyl (C=O) groups excluding carboxylic acids is 2. The quantitative estimate of drug-likeness (QED) is 0.445. The van der Waals surface area contributed by atoms with E-state index in [0.29, 0.717) is 23.1 Å². The van der Waals surface area contributed by atoms with E-state index in [2.05, 4.69) is 0 Å². The van der Waals surface area contributed by atoms with Crippen molar-refractivity contribution in [2.45, 2.75) is 13.0 Å². The van der Waals surface area contributed by atoms with Crippen molar-refractivity contribution in [3.8, 4) is 0 Å². The zero-order valence-electron chi connectivity index (χ0n) is 16.7. The fourth-order valence-electron chi connectivity index (χ4n) is 3.94. The van der Waals surface area contributed by atoms with Gasteiger partial charge in [0.05, 0.1) is 36.8 Å². The summed E-state index contributed by atoms with van der Waals surface area (Å²) < 4.78 is 12.4. The number of hydrogen-bond acceptors (Lipinski definition) is 5. The Morgan fingerprint density at radius 3 is 2.63 bits per heavy atom. The predicted octanol–water partition coefficient (Wildman–Crippen LogP) is 3.45. The smallest absolute Gasteiger partial charge is 0.321 e. The zero-order chi connectivity index (χ0) is 21.3. The van der Waals surface area contributed by atoms with Crippen LogP contribution >= 0.6 is 11.6 Å². The van der Waals surface area contributed by atoms with Crippen LogP contribution in [0.5, 0.6) is 0 Å². The van der Waals surface area contributed by atoms with Gasteiger partial charge in [-0.25, -0.2) is 4.98 Å². The van der Waals surface area contributed by atoms with Gasteiger partial charge in [0.2, 0.25) is 11.9 Å². The number of halogens is 1. The zero-order valence-corrected chi connectivity index (χ0v) is 17.5. The van der Waals surface area contributed by atoms with Crippen molar-refractivity contribution < 1.29 is 19.1 Å². The summed E-state index contributed by atoms with van der Waals surface area (Å²) in [5.41, 5.74) is 2.20. The van der Waals surface area contributed by atoms with Gasteiger partial charge in [-0.3, -0.25) is 14.5 Å².